The first-order valence-corrected chi connectivity index (χ1v) is 19.6. The van der Waals surface area contributed by atoms with Gasteiger partial charge in [-0.3, -0.25) is 4.55 Å². The molecule has 0 bridgehead atoms. The Kier molecular flexibility index (Phi) is 19.5. The van der Waals surface area contributed by atoms with E-state index in [0.717, 1.165) is 37.6 Å². The molecule has 1 unspecified atom stereocenters. The van der Waals surface area contributed by atoms with E-state index < -0.39 is 24.8 Å². The van der Waals surface area contributed by atoms with Crippen LogP contribution in [0.15, 0.2) is 48.5 Å². The van der Waals surface area contributed by atoms with Crippen molar-refractivity contribution in [1.82, 2.24) is 0 Å². The average Bonchev–Trinajstić information content (AvgIpc) is 2.93. The maximum absolute atomic E-state index is 9.95. The average molecular weight is 727 g/mol. The highest BCUT2D eigenvalue weighted by Gasteiger charge is 2.23. The van der Waals surface area contributed by atoms with Crippen LogP contribution < -0.4 is 30.7 Å². The first-order chi connectivity index (χ1) is 19.5. The molecule has 0 saturated carbocycles. The number of hydrogen-bond donors (Lipinski definition) is 1. The first-order valence-electron chi connectivity index (χ1n) is 14.5. The van der Waals surface area contributed by atoms with Crippen LogP contribution in [0.25, 0.3) is 0 Å². The van der Waals surface area contributed by atoms with E-state index in [1.54, 1.807) is 0 Å². The van der Waals surface area contributed by atoms with Gasteiger partial charge >= 0.3 is 21.2 Å². The van der Waals surface area contributed by atoms with Gasteiger partial charge in [-0.2, -0.15) is 8.42 Å². The Balaban J connectivity index is 0.000000716. The van der Waals surface area contributed by atoms with Crippen LogP contribution >= 0.6 is 0 Å². The second kappa shape index (κ2) is 21.3. The maximum atomic E-state index is 9.95. The molecule has 41 heavy (non-hydrogen) atoms. The molecule has 1 atom stereocenters. The maximum Gasteiger partial charge on any atom is 0.357 e. The minimum absolute atomic E-state index is 0.160. The van der Waals surface area contributed by atoms with Crippen LogP contribution in [-0.4, -0.2) is 43.7 Å². The number of halogens is 1. The van der Waals surface area contributed by atoms with Crippen LogP contribution in [0.5, 0.6) is 11.5 Å². The van der Waals surface area contributed by atoms with Crippen LogP contribution in [0, 0.1) is 7.14 Å². The smallest absolute Gasteiger partial charge is 0.357 e. The minimum atomic E-state index is -4.95. The fourth-order valence-electron chi connectivity index (χ4n) is 3.61. The van der Waals surface area contributed by atoms with Crippen LogP contribution in [0.2, 0.25) is 0 Å². The zero-order chi connectivity index (χ0) is 30.6. The van der Waals surface area contributed by atoms with Crippen LogP contribution in [0.1, 0.15) is 97.8 Å². The van der Waals surface area contributed by atoms with Crippen molar-refractivity contribution in [1.29, 1.82) is 0 Å². The summed E-state index contributed by atoms with van der Waals surface area (Å²) in [5, 5.41) is 0. The predicted octanol–water partition coefficient (Wildman–Crippen LogP) is 4.06. The largest absolute Gasteiger partial charge is 0.747 e. The van der Waals surface area contributed by atoms with Crippen molar-refractivity contribution in [3.8, 4) is 11.5 Å². The minimum Gasteiger partial charge on any atom is -0.747 e. The monoisotopic (exact) mass is 726 g/mol. The molecule has 0 amide bonds. The molecule has 0 aromatic heterocycles. The molecule has 0 aliphatic rings. The van der Waals surface area contributed by atoms with Crippen molar-refractivity contribution in [3.05, 3.63) is 55.7 Å². The molecule has 1 N–H and O–H groups in total. The van der Waals surface area contributed by atoms with Crippen molar-refractivity contribution >= 4 is 20.2 Å². The zero-order valence-corrected chi connectivity index (χ0v) is 28.4. The van der Waals surface area contributed by atoms with E-state index in [-0.39, 0.29) is 21.2 Å². The lowest BCUT2D eigenvalue weighted by molar-refractivity contribution is -0.597. The Morgan fingerprint density at radius 1 is 0.659 bits per heavy atom. The summed E-state index contributed by atoms with van der Waals surface area (Å²) in [6, 6.07) is 17.4. The van der Waals surface area contributed by atoms with Gasteiger partial charge in [-0.1, -0.05) is 78.1 Å². The standard InChI is InChI=1S/C28H42IO2.C2H6O6S2/c1-3-5-7-9-11-13-23-30-27-19-15-25(16-20-27)29-26-17-21-28(22-18-26)31-24-14-12-10-8-6-4-2;1-2(9(3,4)5)10(6,7)8/h15-22H,3-14,23-24H2,1-2H3;2H,1H3,(H,3,4,5)(H,6,7,8)/q+1;/p-1. The predicted molar refractivity (Wildman–Crippen MR) is 159 cm³/mol. The van der Waals surface area contributed by atoms with Crippen LogP contribution in [0.3, 0.4) is 0 Å². The van der Waals surface area contributed by atoms with E-state index in [4.69, 9.17) is 14.0 Å². The first kappa shape index (κ1) is 37.6. The fourth-order valence-corrected chi connectivity index (χ4v) is 6.96. The molecule has 0 radical (unpaired) electrons. The van der Waals surface area contributed by atoms with Gasteiger partial charge in [0.15, 0.2) is 11.7 Å². The lowest BCUT2D eigenvalue weighted by Crippen LogP contribution is -3.61. The summed E-state index contributed by atoms with van der Waals surface area (Å²) in [5.41, 5.74) is 0. The van der Waals surface area contributed by atoms with Crippen molar-refractivity contribution in [2.75, 3.05) is 13.2 Å². The number of hydrogen-bond acceptors (Lipinski definition) is 7. The number of rotatable bonds is 20. The van der Waals surface area contributed by atoms with Gasteiger partial charge in [-0.25, -0.2) is 8.42 Å². The number of benzene rings is 2. The molecular formula is C30H47IO8S2. The van der Waals surface area contributed by atoms with E-state index in [1.165, 1.54) is 71.3 Å². The molecule has 2 aromatic rings. The second-order valence-corrected chi connectivity index (χ2v) is 16.6. The van der Waals surface area contributed by atoms with E-state index in [0.29, 0.717) is 6.92 Å². The van der Waals surface area contributed by atoms with Gasteiger partial charge in [0, 0.05) is 0 Å². The molecule has 0 saturated heterocycles. The highest BCUT2D eigenvalue weighted by atomic mass is 127. The van der Waals surface area contributed by atoms with E-state index >= 15 is 0 Å². The lowest BCUT2D eigenvalue weighted by atomic mass is 10.1. The topological polar surface area (TPSA) is 130 Å². The van der Waals surface area contributed by atoms with Gasteiger partial charge in [-0.15, -0.1) is 0 Å². The normalized spacial score (nSPS) is 12.3. The van der Waals surface area contributed by atoms with Crippen molar-refractivity contribution in [3.63, 3.8) is 0 Å². The summed E-state index contributed by atoms with van der Waals surface area (Å²) in [6.45, 7) is 6.78. The Labute approximate surface area is 258 Å². The molecule has 2 aromatic carbocycles. The van der Waals surface area contributed by atoms with E-state index in [1.807, 2.05) is 0 Å². The third-order valence-electron chi connectivity index (χ3n) is 6.20. The molecule has 2 rings (SSSR count). The Morgan fingerprint density at radius 2 is 1.00 bits per heavy atom. The number of unbranched alkanes of at least 4 members (excludes halogenated alkanes) is 10. The SMILES string of the molecule is CC(S(=O)(=O)[O-])S(=O)(=O)O.CCCCCCCCOc1ccc([I+]c2ccc(OCCCCCCCC)cc2)cc1. The van der Waals surface area contributed by atoms with Gasteiger partial charge in [0.25, 0.3) is 10.1 Å². The molecule has 0 aliphatic heterocycles. The van der Waals surface area contributed by atoms with Gasteiger partial charge < -0.3 is 14.0 Å². The third-order valence-corrected chi connectivity index (χ3v) is 12.0. The van der Waals surface area contributed by atoms with Crippen LogP contribution in [-0.2, 0) is 20.2 Å². The zero-order valence-electron chi connectivity index (χ0n) is 24.6. The quantitative estimate of drug-likeness (QED) is 0.123. The van der Waals surface area contributed by atoms with Gasteiger partial charge in [0.2, 0.25) is 0 Å². The highest BCUT2D eigenvalue weighted by Crippen LogP contribution is 2.12. The summed E-state index contributed by atoms with van der Waals surface area (Å²) in [4.78, 5) is 0. The summed E-state index contributed by atoms with van der Waals surface area (Å²) in [5.74, 6) is 2.00. The molecule has 11 heteroatoms. The molecule has 0 spiro atoms. The van der Waals surface area contributed by atoms with E-state index in [2.05, 4.69) is 62.4 Å². The fraction of sp³-hybridized carbons (Fsp3) is 0.600. The Hall–Kier alpha value is -1.41. The molecule has 0 heterocycles. The Morgan fingerprint density at radius 3 is 1.29 bits per heavy atom. The van der Waals surface area contributed by atoms with Crippen molar-refractivity contribution < 1.29 is 56.6 Å². The second-order valence-electron chi connectivity index (χ2n) is 9.81. The molecule has 0 fully saturated rings. The van der Waals surface area contributed by atoms with Gasteiger partial charge in [0.1, 0.15) is 21.6 Å². The summed E-state index contributed by atoms with van der Waals surface area (Å²) in [7, 11) is -9.71. The van der Waals surface area contributed by atoms with Crippen LogP contribution in [0.4, 0.5) is 0 Å². The molecule has 8 nitrogen and oxygen atoms in total. The van der Waals surface area contributed by atoms with E-state index in [9.17, 15) is 21.4 Å². The molecule has 0 aliphatic carbocycles. The van der Waals surface area contributed by atoms with Gasteiger partial charge in [0.05, 0.1) is 13.2 Å². The number of ether oxygens (including phenoxy) is 2. The van der Waals surface area contributed by atoms with Gasteiger partial charge in [-0.05, 0) is 68.3 Å². The van der Waals surface area contributed by atoms with Crippen molar-refractivity contribution in [2.24, 2.45) is 0 Å². The molecular weight excluding hydrogens is 679 g/mol. The summed E-state index contributed by atoms with van der Waals surface area (Å²) < 4.78 is 69.9. The summed E-state index contributed by atoms with van der Waals surface area (Å²) in [6.07, 6.45) is 15.6. The highest BCUT2D eigenvalue weighted by molar-refractivity contribution is 8.03. The lowest BCUT2D eigenvalue weighted by Gasteiger charge is -2.11. The summed E-state index contributed by atoms with van der Waals surface area (Å²) >= 11 is -0.160. The third kappa shape index (κ3) is 18.7. The van der Waals surface area contributed by atoms with Crippen molar-refractivity contribution in [2.45, 2.75) is 102 Å². The molecule has 234 valence electrons. The Bertz CT molecular complexity index is 1060.